The van der Waals surface area contributed by atoms with E-state index in [4.69, 9.17) is 0 Å². The summed E-state index contributed by atoms with van der Waals surface area (Å²) in [4.78, 5) is 17.2. The first kappa shape index (κ1) is 21.2. The van der Waals surface area contributed by atoms with E-state index in [0.29, 0.717) is 5.69 Å². The predicted molar refractivity (Wildman–Crippen MR) is 119 cm³/mol. The molecule has 0 radical (unpaired) electrons. The van der Waals surface area contributed by atoms with Crippen molar-refractivity contribution >= 4 is 28.1 Å². The van der Waals surface area contributed by atoms with Crippen molar-refractivity contribution in [2.75, 3.05) is 17.7 Å². The normalized spacial score (nSPS) is 11.4. The Labute approximate surface area is 182 Å². The minimum Gasteiger partial charge on any atom is -0.373 e. The van der Waals surface area contributed by atoms with Gasteiger partial charge in [0.2, 0.25) is 0 Å². The van der Waals surface area contributed by atoms with Gasteiger partial charge in [0.1, 0.15) is 5.82 Å². The van der Waals surface area contributed by atoms with E-state index in [-0.39, 0.29) is 11.4 Å². The molecule has 0 spiro atoms. The molecule has 0 atom stereocenters. The van der Waals surface area contributed by atoms with E-state index >= 15 is 0 Å². The van der Waals surface area contributed by atoms with E-state index in [0.717, 1.165) is 51.9 Å². The number of hydrogen-bond acceptors (Lipinski definition) is 6. The molecule has 0 saturated carbocycles. The molecular weight excluding hydrogens is 417 g/mol. The van der Waals surface area contributed by atoms with E-state index in [1.807, 2.05) is 25.1 Å². The zero-order chi connectivity index (χ0) is 22.9. The quantitative estimate of drug-likeness (QED) is 0.428. The topological polar surface area (TPSA) is 75.6 Å². The summed E-state index contributed by atoms with van der Waals surface area (Å²) < 4.78 is 39.0. The van der Waals surface area contributed by atoms with Crippen LogP contribution in [-0.2, 0) is 6.18 Å². The van der Waals surface area contributed by atoms with Gasteiger partial charge in [0.15, 0.2) is 0 Å². The number of rotatable bonds is 5. The first-order chi connectivity index (χ1) is 15.2. The van der Waals surface area contributed by atoms with Crippen LogP contribution in [0, 0.1) is 6.92 Å². The van der Waals surface area contributed by atoms with Gasteiger partial charge < -0.3 is 10.6 Å². The molecular formula is C23H19F3N6. The van der Waals surface area contributed by atoms with Crippen LogP contribution in [0.5, 0.6) is 0 Å². The Kier molecular flexibility index (Phi) is 5.48. The van der Waals surface area contributed by atoms with Crippen molar-refractivity contribution in [3.05, 3.63) is 78.6 Å². The summed E-state index contributed by atoms with van der Waals surface area (Å²) in [5.74, 6) is 0.725. The van der Waals surface area contributed by atoms with Gasteiger partial charge in [-0.05, 0) is 31.2 Å². The highest BCUT2D eigenvalue weighted by molar-refractivity contribution is 5.86. The molecule has 0 aliphatic carbocycles. The molecule has 0 amide bonds. The summed E-state index contributed by atoms with van der Waals surface area (Å²) in [6.07, 6.45) is 1.73. The van der Waals surface area contributed by atoms with Gasteiger partial charge in [-0.3, -0.25) is 15.0 Å². The van der Waals surface area contributed by atoms with Crippen LogP contribution in [0.1, 0.15) is 17.0 Å². The van der Waals surface area contributed by atoms with Gasteiger partial charge in [0, 0.05) is 53.9 Å². The minimum absolute atomic E-state index is 0.0979. The van der Waals surface area contributed by atoms with Gasteiger partial charge in [-0.2, -0.15) is 13.2 Å². The van der Waals surface area contributed by atoms with Crippen molar-refractivity contribution in [2.45, 2.75) is 13.1 Å². The maximum Gasteiger partial charge on any atom is 0.416 e. The Bertz CT molecular complexity index is 1320. The standard InChI is InChI=1S/C23H19F3N6/c1-13-19(15-6-16-11-31-22(27-3)9-21(16)30-10-15)8-18(12-29-13)32-14(2)20-7-17(4-5-28-20)23(24,25)26/h4-12,32H,2H2,1,3H3,(H,27,31). The van der Waals surface area contributed by atoms with Gasteiger partial charge in [0.05, 0.1) is 34.4 Å². The smallest absolute Gasteiger partial charge is 0.373 e. The highest BCUT2D eigenvalue weighted by atomic mass is 19.4. The van der Waals surface area contributed by atoms with E-state index < -0.39 is 11.7 Å². The molecule has 0 unspecified atom stereocenters. The number of halogens is 3. The second kappa shape index (κ2) is 8.26. The van der Waals surface area contributed by atoms with Gasteiger partial charge in [-0.15, -0.1) is 0 Å². The molecule has 4 rings (SSSR count). The molecule has 9 heteroatoms. The van der Waals surface area contributed by atoms with Crippen LogP contribution < -0.4 is 10.6 Å². The van der Waals surface area contributed by atoms with Crippen molar-refractivity contribution < 1.29 is 13.2 Å². The van der Waals surface area contributed by atoms with Crippen LogP contribution in [-0.4, -0.2) is 27.0 Å². The number of nitrogens with zero attached hydrogens (tertiary/aromatic N) is 4. The van der Waals surface area contributed by atoms with Crippen molar-refractivity contribution in [3.63, 3.8) is 0 Å². The summed E-state index contributed by atoms with van der Waals surface area (Å²) >= 11 is 0. The number of aromatic nitrogens is 4. The fraction of sp³-hybridized carbons (Fsp3) is 0.130. The van der Waals surface area contributed by atoms with E-state index in [1.165, 1.54) is 0 Å². The molecule has 0 fully saturated rings. The molecule has 6 nitrogen and oxygen atoms in total. The summed E-state index contributed by atoms with van der Waals surface area (Å²) in [7, 11) is 1.79. The van der Waals surface area contributed by atoms with Gasteiger partial charge in [-0.1, -0.05) is 6.58 Å². The highest BCUT2D eigenvalue weighted by Gasteiger charge is 2.30. The molecule has 32 heavy (non-hydrogen) atoms. The number of nitrogens with one attached hydrogen (secondary N) is 2. The fourth-order valence-electron chi connectivity index (χ4n) is 3.21. The van der Waals surface area contributed by atoms with Gasteiger partial charge >= 0.3 is 6.18 Å². The second-order valence-electron chi connectivity index (χ2n) is 7.12. The van der Waals surface area contributed by atoms with Crippen LogP contribution in [0.15, 0.2) is 61.7 Å². The first-order valence-corrected chi connectivity index (χ1v) is 9.65. The minimum atomic E-state index is -4.46. The highest BCUT2D eigenvalue weighted by Crippen LogP contribution is 2.31. The lowest BCUT2D eigenvalue weighted by Crippen LogP contribution is -2.07. The number of hydrogen-bond donors (Lipinski definition) is 2. The summed E-state index contributed by atoms with van der Waals surface area (Å²) in [6.45, 7) is 5.70. The Hall–Kier alpha value is -4.01. The average molecular weight is 436 g/mol. The molecule has 0 saturated heterocycles. The van der Waals surface area contributed by atoms with Crippen molar-refractivity contribution in [3.8, 4) is 11.1 Å². The van der Waals surface area contributed by atoms with Crippen molar-refractivity contribution in [2.24, 2.45) is 0 Å². The fourth-order valence-corrected chi connectivity index (χ4v) is 3.21. The Morgan fingerprint density at radius 1 is 0.969 bits per heavy atom. The van der Waals surface area contributed by atoms with E-state index in [2.05, 4.69) is 37.1 Å². The Balaban J connectivity index is 1.63. The number of alkyl halides is 3. The SMILES string of the molecule is C=C(Nc1cnc(C)c(-c2cnc3cc(NC)ncc3c2)c1)c1cc(C(F)(F)F)ccn1. The summed E-state index contributed by atoms with van der Waals surface area (Å²) in [5, 5.41) is 6.85. The van der Waals surface area contributed by atoms with Gasteiger partial charge in [-0.25, -0.2) is 4.98 Å². The average Bonchev–Trinajstić information content (AvgIpc) is 2.79. The Morgan fingerprint density at radius 3 is 2.53 bits per heavy atom. The van der Waals surface area contributed by atoms with Crippen LogP contribution in [0.4, 0.5) is 24.7 Å². The lowest BCUT2D eigenvalue weighted by atomic mass is 10.0. The third-order valence-corrected chi connectivity index (χ3v) is 4.91. The zero-order valence-electron chi connectivity index (χ0n) is 17.3. The molecule has 0 bridgehead atoms. The Morgan fingerprint density at radius 2 is 1.78 bits per heavy atom. The summed E-state index contributed by atoms with van der Waals surface area (Å²) in [6, 6.07) is 7.54. The third-order valence-electron chi connectivity index (χ3n) is 4.91. The lowest BCUT2D eigenvalue weighted by Gasteiger charge is -2.13. The maximum absolute atomic E-state index is 13.0. The van der Waals surface area contributed by atoms with Crippen LogP contribution in [0.25, 0.3) is 27.7 Å². The van der Waals surface area contributed by atoms with E-state index in [1.54, 1.807) is 25.6 Å². The maximum atomic E-state index is 13.0. The largest absolute Gasteiger partial charge is 0.416 e. The molecule has 162 valence electrons. The predicted octanol–water partition coefficient (Wildman–Crippen LogP) is 5.54. The second-order valence-corrected chi connectivity index (χ2v) is 7.12. The van der Waals surface area contributed by atoms with Gasteiger partial charge in [0.25, 0.3) is 0 Å². The number of anilines is 2. The first-order valence-electron chi connectivity index (χ1n) is 9.65. The monoisotopic (exact) mass is 436 g/mol. The number of fused-ring (bicyclic) bond motifs is 1. The number of aryl methyl sites for hydroxylation is 1. The van der Waals surface area contributed by atoms with Crippen LogP contribution in [0.3, 0.4) is 0 Å². The third kappa shape index (κ3) is 4.36. The molecule has 0 aliphatic rings. The van der Waals surface area contributed by atoms with Crippen molar-refractivity contribution in [1.29, 1.82) is 0 Å². The molecule has 0 aliphatic heterocycles. The molecule has 4 heterocycles. The van der Waals surface area contributed by atoms with E-state index in [9.17, 15) is 13.2 Å². The molecule has 2 N–H and O–H groups in total. The summed E-state index contributed by atoms with van der Waals surface area (Å²) in [5.41, 5.74) is 3.36. The van der Waals surface area contributed by atoms with Crippen LogP contribution >= 0.6 is 0 Å². The zero-order valence-corrected chi connectivity index (χ0v) is 17.3. The number of pyridine rings is 4. The molecule has 4 aromatic rings. The van der Waals surface area contributed by atoms with Crippen LogP contribution in [0.2, 0.25) is 0 Å². The molecule has 0 aromatic carbocycles. The molecule has 4 aromatic heterocycles. The lowest BCUT2D eigenvalue weighted by molar-refractivity contribution is -0.137. The van der Waals surface area contributed by atoms with Crippen molar-refractivity contribution in [1.82, 2.24) is 19.9 Å².